The smallest absolute Gasteiger partial charge is 0.311 e. The number of ketones is 1. The third-order valence-corrected chi connectivity index (χ3v) is 17.4. The molecule has 0 amide bonds. The predicted molar refractivity (Wildman–Crippen MR) is 228 cm³/mol. The Morgan fingerprint density at radius 2 is 1.44 bits per heavy atom. The number of ether oxygens (including phenoxy) is 7. The third-order valence-electron chi connectivity index (χ3n) is 17.4. The minimum Gasteiger partial charge on any atom is -0.469 e. The molecule has 5 aliphatic carbocycles. The average Bonchev–Trinajstić information content (AvgIpc) is 3.20. The molecule has 5 fully saturated rings. The first-order valence-corrected chi connectivity index (χ1v) is 22.8. The zero-order valence-electron chi connectivity index (χ0n) is 38.8. The first-order valence-electron chi connectivity index (χ1n) is 22.8. The Labute approximate surface area is 367 Å². The quantitative estimate of drug-likeness (QED) is 0.127. The largest absolute Gasteiger partial charge is 0.469 e. The fraction of sp³-hybridized carbons (Fsp3) is 0.740. The first kappa shape index (κ1) is 46.4. The van der Waals surface area contributed by atoms with Gasteiger partial charge in [0.15, 0.2) is 24.3 Å². The van der Waals surface area contributed by atoms with E-state index in [1.54, 1.807) is 0 Å². The van der Waals surface area contributed by atoms with Crippen molar-refractivity contribution in [3.63, 3.8) is 0 Å². The summed E-state index contributed by atoms with van der Waals surface area (Å²) in [5.41, 5.74) is 0.191. The number of allylic oxidation sites excluding steroid dienone is 2. The van der Waals surface area contributed by atoms with Crippen LogP contribution >= 0.6 is 0 Å². The average molecular weight is 863 g/mol. The van der Waals surface area contributed by atoms with E-state index in [1.807, 2.05) is 43.3 Å². The molecule has 1 aromatic carbocycles. The van der Waals surface area contributed by atoms with Gasteiger partial charge >= 0.3 is 23.9 Å². The standard InChI is InChI=1S/C50H70O12/c1-29(51)57-28-36-39(59-30(2)52)40(58-27-32-15-13-12-14-16-32)41(60-31(3)53)43(61-36)62-38-18-19-48(8)37(45(38,4)5)17-20-50(10)42(48)35(54)25-33-34-26-47(7,44(55)56-11)22-21-46(34,6)23-24-49(33,50)9/h12-16,25,34,36-43H,17-24,26-28H2,1-11H3/t34-,36-,37+,38+,39-,40+,41-,42-,43+,46-,47+,48+,49-,50-/m1/s1. The number of esters is 4. The molecule has 0 spiro atoms. The van der Waals surface area contributed by atoms with Gasteiger partial charge in [-0.15, -0.1) is 0 Å². The monoisotopic (exact) mass is 862 g/mol. The van der Waals surface area contributed by atoms with Crippen LogP contribution in [-0.2, 0) is 63.7 Å². The molecule has 6 aliphatic rings. The van der Waals surface area contributed by atoms with Crippen LogP contribution in [0, 0.1) is 50.2 Å². The Morgan fingerprint density at radius 3 is 2.08 bits per heavy atom. The van der Waals surface area contributed by atoms with Gasteiger partial charge in [-0.05, 0) is 115 Å². The topological polar surface area (TPSA) is 150 Å². The Bertz CT molecular complexity index is 1940. The summed E-state index contributed by atoms with van der Waals surface area (Å²) in [6.07, 6.45) is 3.74. The number of methoxy groups -OCH3 is 1. The molecule has 0 unspecified atom stereocenters. The molecule has 12 nitrogen and oxygen atoms in total. The van der Waals surface area contributed by atoms with E-state index < -0.39 is 65.5 Å². The summed E-state index contributed by atoms with van der Waals surface area (Å²) in [5.74, 6) is -1.70. The van der Waals surface area contributed by atoms with Crippen molar-refractivity contribution in [2.24, 2.45) is 50.2 Å². The van der Waals surface area contributed by atoms with Crippen molar-refractivity contribution >= 4 is 29.7 Å². The second-order valence-corrected chi connectivity index (χ2v) is 21.5. The van der Waals surface area contributed by atoms with Crippen LogP contribution in [0.5, 0.6) is 0 Å². The van der Waals surface area contributed by atoms with Crippen molar-refractivity contribution in [1.29, 1.82) is 0 Å². The molecule has 1 saturated heterocycles. The maximum absolute atomic E-state index is 15.1. The van der Waals surface area contributed by atoms with Crippen LogP contribution in [0.3, 0.4) is 0 Å². The van der Waals surface area contributed by atoms with Crippen LogP contribution in [0.25, 0.3) is 0 Å². The molecule has 1 aromatic rings. The van der Waals surface area contributed by atoms with Gasteiger partial charge in [0.05, 0.1) is 25.2 Å². The van der Waals surface area contributed by atoms with E-state index in [0.29, 0.717) is 12.8 Å². The fourth-order valence-corrected chi connectivity index (χ4v) is 13.9. The van der Waals surface area contributed by atoms with Crippen LogP contribution < -0.4 is 0 Å². The Balaban J connectivity index is 1.19. The van der Waals surface area contributed by atoms with Crippen molar-refractivity contribution < 1.29 is 57.1 Å². The molecule has 0 N–H and O–H groups in total. The molecule has 7 rings (SSSR count). The van der Waals surface area contributed by atoms with Gasteiger partial charge in [-0.1, -0.05) is 77.4 Å². The van der Waals surface area contributed by atoms with Gasteiger partial charge in [0.2, 0.25) is 0 Å². The molecule has 62 heavy (non-hydrogen) atoms. The molecule has 12 heteroatoms. The van der Waals surface area contributed by atoms with Gasteiger partial charge in [0, 0.05) is 26.7 Å². The van der Waals surface area contributed by atoms with E-state index in [2.05, 4.69) is 41.5 Å². The lowest BCUT2D eigenvalue weighted by Crippen LogP contribution is -2.67. The molecular weight excluding hydrogens is 793 g/mol. The molecule has 1 aliphatic heterocycles. The number of benzene rings is 1. The fourth-order valence-electron chi connectivity index (χ4n) is 13.9. The molecule has 0 aromatic heterocycles. The van der Waals surface area contributed by atoms with Crippen LogP contribution in [0.2, 0.25) is 0 Å². The van der Waals surface area contributed by atoms with Gasteiger partial charge in [-0.25, -0.2) is 0 Å². The summed E-state index contributed by atoms with van der Waals surface area (Å²) in [6, 6.07) is 9.47. The van der Waals surface area contributed by atoms with Crippen molar-refractivity contribution in [3.8, 4) is 0 Å². The summed E-state index contributed by atoms with van der Waals surface area (Å²) in [5, 5.41) is 0. The third kappa shape index (κ3) is 7.86. The molecule has 4 saturated carbocycles. The van der Waals surface area contributed by atoms with Gasteiger partial charge in [-0.2, -0.15) is 0 Å². The highest BCUT2D eigenvalue weighted by Crippen LogP contribution is 2.75. The van der Waals surface area contributed by atoms with E-state index in [1.165, 1.54) is 33.5 Å². The first-order chi connectivity index (χ1) is 29.0. The van der Waals surface area contributed by atoms with Crippen molar-refractivity contribution in [2.45, 2.75) is 170 Å². The number of hydrogen-bond acceptors (Lipinski definition) is 12. The minimum atomic E-state index is -1.17. The molecular formula is C50H70O12. The van der Waals surface area contributed by atoms with E-state index in [9.17, 15) is 19.2 Å². The zero-order chi connectivity index (χ0) is 45.2. The van der Waals surface area contributed by atoms with E-state index in [4.69, 9.17) is 33.2 Å². The van der Waals surface area contributed by atoms with Gasteiger partial charge in [0.25, 0.3) is 0 Å². The Kier molecular flexibility index (Phi) is 12.5. The molecule has 1 heterocycles. The van der Waals surface area contributed by atoms with Crippen LogP contribution in [0.1, 0.15) is 133 Å². The second kappa shape index (κ2) is 16.7. The molecule has 14 atom stereocenters. The number of fused-ring (bicyclic) bond motifs is 7. The minimum absolute atomic E-state index is 0.0208. The molecule has 342 valence electrons. The highest BCUT2D eigenvalue weighted by atomic mass is 16.7. The zero-order valence-corrected chi connectivity index (χ0v) is 38.8. The lowest BCUT2D eigenvalue weighted by molar-refractivity contribution is -0.337. The summed E-state index contributed by atoms with van der Waals surface area (Å²) < 4.78 is 42.6. The van der Waals surface area contributed by atoms with Crippen LogP contribution in [0.4, 0.5) is 0 Å². The van der Waals surface area contributed by atoms with Crippen LogP contribution in [-0.4, -0.2) is 80.2 Å². The molecule has 0 radical (unpaired) electrons. The Morgan fingerprint density at radius 1 is 0.774 bits per heavy atom. The Hall–Kier alpha value is -3.61. The normalized spacial score (nSPS) is 42.1. The summed E-state index contributed by atoms with van der Waals surface area (Å²) in [7, 11) is 1.48. The van der Waals surface area contributed by atoms with Crippen molar-refractivity contribution in [3.05, 3.63) is 47.5 Å². The highest BCUT2D eigenvalue weighted by Gasteiger charge is 2.71. The highest BCUT2D eigenvalue weighted by molar-refractivity contribution is 5.95. The van der Waals surface area contributed by atoms with Crippen LogP contribution in [0.15, 0.2) is 42.0 Å². The van der Waals surface area contributed by atoms with Gasteiger partial charge in [-0.3, -0.25) is 24.0 Å². The number of carbonyl (C=O) groups is 5. The number of carbonyl (C=O) groups excluding carboxylic acids is 5. The SMILES string of the molecule is COC(=O)[C@@]1(C)CC[C@]2(C)CC[C@]3(C)C(=CC(=O)[C@@H]4[C@@]5(C)CC[C@H](O[C@@H]6O[C@H](COC(C)=O)[C@@H](OC(C)=O)[C@H](OCc7ccccc7)[C@H]6OC(C)=O)C(C)(C)[C@@H]5CC[C@]43C)[C@H]2C1. The van der Waals surface area contributed by atoms with Crippen molar-refractivity contribution in [2.75, 3.05) is 13.7 Å². The summed E-state index contributed by atoms with van der Waals surface area (Å²) in [4.78, 5) is 65.7. The van der Waals surface area contributed by atoms with E-state index in [-0.39, 0.29) is 64.4 Å². The van der Waals surface area contributed by atoms with Crippen molar-refractivity contribution in [1.82, 2.24) is 0 Å². The lowest BCUT2D eigenvalue weighted by Gasteiger charge is -2.70. The maximum atomic E-state index is 15.1. The molecule has 0 bridgehead atoms. The van der Waals surface area contributed by atoms with Gasteiger partial charge in [0.1, 0.15) is 18.8 Å². The van der Waals surface area contributed by atoms with E-state index >= 15 is 4.79 Å². The second-order valence-electron chi connectivity index (χ2n) is 21.5. The number of rotatable bonds is 10. The maximum Gasteiger partial charge on any atom is 0.311 e. The summed E-state index contributed by atoms with van der Waals surface area (Å²) in [6.45, 7) is 19.7. The lowest BCUT2D eigenvalue weighted by atomic mass is 9.33. The number of hydrogen-bond donors (Lipinski definition) is 0. The van der Waals surface area contributed by atoms with E-state index in [0.717, 1.165) is 50.5 Å². The summed E-state index contributed by atoms with van der Waals surface area (Å²) >= 11 is 0. The predicted octanol–water partition coefficient (Wildman–Crippen LogP) is 8.26. The van der Waals surface area contributed by atoms with Gasteiger partial charge < -0.3 is 33.2 Å².